The topological polar surface area (TPSA) is 50.7 Å². The van der Waals surface area contributed by atoms with E-state index < -0.39 is 0 Å². The molecule has 2 atom stereocenters. The second-order valence-corrected chi connectivity index (χ2v) is 8.70. The lowest BCUT2D eigenvalue weighted by Crippen LogP contribution is -2.53. The Balaban J connectivity index is 1.38. The molecular formula is C26H30N4O2. The number of methoxy groups -OCH3 is 1. The van der Waals surface area contributed by atoms with Gasteiger partial charge >= 0.3 is 0 Å². The summed E-state index contributed by atoms with van der Waals surface area (Å²) >= 11 is 0. The molecule has 2 aromatic carbocycles. The van der Waals surface area contributed by atoms with E-state index in [0.717, 1.165) is 42.3 Å². The number of anilines is 1. The number of para-hydroxylation sites is 1. The van der Waals surface area contributed by atoms with Gasteiger partial charge in [-0.3, -0.25) is 4.90 Å². The van der Waals surface area contributed by atoms with Crippen LogP contribution in [0.1, 0.15) is 24.1 Å². The first-order chi connectivity index (χ1) is 15.7. The first-order valence-corrected chi connectivity index (χ1v) is 11.3. The van der Waals surface area contributed by atoms with Crippen molar-refractivity contribution in [2.75, 3.05) is 31.9 Å². The maximum atomic E-state index is 5.76. The largest absolute Gasteiger partial charge is 0.467 e. The summed E-state index contributed by atoms with van der Waals surface area (Å²) in [5.41, 5.74) is 5.31. The van der Waals surface area contributed by atoms with E-state index in [0.29, 0.717) is 12.1 Å². The second-order valence-electron chi connectivity index (χ2n) is 8.70. The summed E-state index contributed by atoms with van der Waals surface area (Å²) in [6, 6.07) is 22.1. The molecule has 3 aromatic rings. The summed E-state index contributed by atoms with van der Waals surface area (Å²) in [4.78, 5) is 5.21. The van der Waals surface area contributed by atoms with Crippen molar-refractivity contribution in [1.29, 1.82) is 0 Å². The number of hydrogen-bond donors (Lipinski definition) is 0. The van der Waals surface area contributed by atoms with Crippen LogP contribution >= 0.6 is 0 Å². The molecule has 32 heavy (non-hydrogen) atoms. The van der Waals surface area contributed by atoms with Crippen LogP contribution in [0.4, 0.5) is 5.69 Å². The molecule has 2 fully saturated rings. The minimum absolute atomic E-state index is 0.204. The number of ether oxygens (including phenoxy) is 2. The zero-order chi connectivity index (χ0) is 21.9. The molecule has 0 N–H and O–H groups in total. The standard InChI is InChI=1S/C26H30N4O2/c1-19-25(14-24(28-27-19)23-10-6-7-11-26(23)32-18-31-2)29-16-21-12-13-22(17-29)30(21)15-20-8-4-3-5-9-20/h3-11,14,21-22H,12-13,15-18H2,1-2H3. The molecule has 2 unspecified atom stereocenters. The van der Waals surface area contributed by atoms with Gasteiger partial charge in [0.05, 0.1) is 17.1 Å². The van der Waals surface area contributed by atoms with Gasteiger partial charge in [0.2, 0.25) is 0 Å². The van der Waals surface area contributed by atoms with Gasteiger partial charge in [0.15, 0.2) is 6.79 Å². The van der Waals surface area contributed by atoms with Crippen molar-refractivity contribution in [2.45, 2.75) is 38.4 Å². The Morgan fingerprint density at radius 3 is 2.41 bits per heavy atom. The van der Waals surface area contributed by atoms with Crippen LogP contribution in [0.5, 0.6) is 5.75 Å². The quantitative estimate of drug-likeness (QED) is 0.521. The lowest BCUT2D eigenvalue weighted by atomic mass is 10.1. The van der Waals surface area contributed by atoms with Crippen molar-refractivity contribution in [3.8, 4) is 17.0 Å². The van der Waals surface area contributed by atoms with Gasteiger partial charge in [-0.05, 0) is 43.5 Å². The van der Waals surface area contributed by atoms with Crippen molar-refractivity contribution < 1.29 is 9.47 Å². The molecule has 0 spiro atoms. The van der Waals surface area contributed by atoms with E-state index in [1.807, 2.05) is 24.3 Å². The van der Waals surface area contributed by atoms with E-state index in [-0.39, 0.29) is 6.79 Å². The number of fused-ring (bicyclic) bond motifs is 2. The van der Waals surface area contributed by atoms with Crippen LogP contribution in [0.3, 0.4) is 0 Å². The molecule has 2 aliphatic rings. The van der Waals surface area contributed by atoms with Crippen molar-refractivity contribution in [3.05, 3.63) is 71.9 Å². The fourth-order valence-electron chi connectivity index (χ4n) is 5.06. The molecule has 0 amide bonds. The van der Waals surface area contributed by atoms with Crippen LogP contribution in [-0.2, 0) is 11.3 Å². The molecule has 2 aliphatic heterocycles. The van der Waals surface area contributed by atoms with E-state index >= 15 is 0 Å². The number of rotatable bonds is 7. The van der Waals surface area contributed by atoms with Crippen LogP contribution in [0, 0.1) is 6.92 Å². The van der Waals surface area contributed by atoms with Crippen LogP contribution in [0.15, 0.2) is 60.7 Å². The molecule has 166 valence electrons. The Kier molecular flexibility index (Phi) is 6.06. The molecule has 6 nitrogen and oxygen atoms in total. The van der Waals surface area contributed by atoms with Gasteiger partial charge < -0.3 is 14.4 Å². The zero-order valence-electron chi connectivity index (χ0n) is 18.8. The molecule has 2 bridgehead atoms. The third-order valence-corrected chi connectivity index (χ3v) is 6.63. The van der Waals surface area contributed by atoms with Gasteiger partial charge in [0.1, 0.15) is 5.75 Å². The number of aromatic nitrogens is 2. The summed E-state index contributed by atoms with van der Waals surface area (Å²) in [6.07, 6.45) is 2.51. The van der Waals surface area contributed by atoms with E-state index in [1.165, 1.54) is 24.1 Å². The Bertz CT molecular complexity index is 1040. The van der Waals surface area contributed by atoms with E-state index in [2.05, 4.69) is 63.3 Å². The van der Waals surface area contributed by atoms with Gasteiger partial charge in [-0.25, -0.2) is 0 Å². The molecule has 6 heteroatoms. The third-order valence-electron chi connectivity index (χ3n) is 6.63. The van der Waals surface area contributed by atoms with Crippen LogP contribution < -0.4 is 9.64 Å². The molecule has 3 heterocycles. The number of nitrogens with zero attached hydrogens (tertiary/aromatic N) is 4. The maximum Gasteiger partial charge on any atom is 0.188 e. The van der Waals surface area contributed by atoms with Gasteiger partial charge in [-0.2, -0.15) is 5.10 Å². The summed E-state index contributed by atoms with van der Waals surface area (Å²) in [6.45, 7) is 5.34. The highest BCUT2D eigenvalue weighted by molar-refractivity contribution is 5.70. The molecule has 0 radical (unpaired) electrons. The van der Waals surface area contributed by atoms with E-state index in [4.69, 9.17) is 9.47 Å². The molecule has 0 saturated carbocycles. The Hall–Kier alpha value is -2.96. The molecule has 2 saturated heterocycles. The van der Waals surface area contributed by atoms with Crippen molar-refractivity contribution in [1.82, 2.24) is 15.1 Å². The first kappa shape index (κ1) is 20.9. The predicted octanol–water partition coefficient (Wildman–Crippen LogP) is 4.29. The molecule has 5 rings (SSSR count). The van der Waals surface area contributed by atoms with Crippen molar-refractivity contribution >= 4 is 5.69 Å². The monoisotopic (exact) mass is 430 g/mol. The lowest BCUT2D eigenvalue weighted by Gasteiger charge is -2.42. The van der Waals surface area contributed by atoms with Gasteiger partial charge in [-0.15, -0.1) is 5.10 Å². The fraction of sp³-hybridized carbons (Fsp3) is 0.385. The minimum Gasteiger partial charge on any atom is -0.467 e. The maximum absolute atomic E-state index is 5.76. The summed E-state index contributed by atoms with van der Waals surface area (Å²) < 4.78 is 10.8. The van der Waals surface area contributed by atoms with E-state index in [9.17, 15) is 0 Å². The normalized spacial score (nSPS) is 20.5. The Labute approximate surface area is 189 Å². The van der Waals surface area contributed by atoms with E-state index in [1.54, 1.807) is 7.11 Å². The highest BCUT2D eigenvalue weighted by Crippen LogP contribution is 2.36. The fourth-order valence-corrected chi connectivity index (χ4v) is 5.06. The number of hydrogen-bond acceptors (Lipinski definition) is 6. The van der Waals surface area contributed by atoms with Crippen molar-refractivity contribution in [3.63, 3.8) is 0 Å². The third kappa shape index (κ3) is 4.20. The van der Waals surface area contributed by atoms with Crippen LogP contribution in [-0.4, -0.2) is 54.2 Å². The highest BCUT2D eigenvalue weighted by Gasteiger charge is 2.40. The molecule has 1 aromatic heterocycles. The van der Waals surface area contributed by atoms with Gasteiger partial charge in [-0.1, -0.05) is 42.5 Å². The van der Waals surface area contributed by atoms with Crippen molar-refractivity contribution in [2.24, 2.45) is 0 Å². The van der Waals surface area contributed by atoms with Crippen LogP contribution in [0.2, 0.25) is 0 Å². The Morgan fingerprint density at radius 1 is 0.938 bits per heavy atom. The molecular weight excluding hydrogens is 400 g/mol. The summed E-state index contributed by atoms with van der Waals surface area (Å²) in [5, 5.41) is 9.01. The second kappa shape index (κ2) is 9.27. The zero-order valence-corrected chi connectivity index (χ0v) is 18.8. The predicted molar refractivity (Wildman–Crippen MR) is 126 cm³/mol. The average molecular weight is 431 g/mol. The minimum atomic E-state index is 0.204. The summed E-state index contributed by atoms with van der Waals surface area (Å²) in [7, 11) is 1.62. The lowest BCUT2D eigenvalue weighted by molar-refractivity contribution is 0.0515. The average Bonchev–Trinajstić information content (AvgIpc) is 3.05. The smallest absolute Gasteiger partial charge is 0.188 e. The van der Waals surface area contributed by atoms with Crippen LogP contribution in [0.25, 0.3) is 11.3 Å². The van der Waals surface area contributed by atoms with Gasteiger partial charge in [0, 0.05) is 44.4 Å². The number of aryl methyl sites for hydroxylation is 1. The highest BCUT2D eigenvalue weighted by atomic mass is 16.7. The number of benzene rings is 2. The first-order valence-electron chi connectivity index (χ1n) is 11.3. The van der Waals surface area contributed by atoms with Gasteiger partial charge in [0.25, 0.3) is 0 Å². The summed E-state index contributed by atoms with van der Waals surface area (Å²) in [5.74, 6) is 0.756. The Morgan fingerprint density at radius 2 is 1.66 bits per heavy atom. The SMILES string of the molecule is COCOc1ccccc1-c1cc(N2CC3CCC(C2)N3Cc2ccccc2)c(C)nn1. The molecule has 0 aliphatic carbocycles. The number of piperazine rings is 1.